The molecule has 1 rings (SSSR count). The van der Waals surface area contributed by atoms with E-state index in [0.29, 0.717) is 24.1 Å². The fourth-order valence-corrected chi connectivity index (χ4v) is 1.44. The van der Waals surface area contributed by atoms with E-state index in [-0.39, 0.29) is 6.10 Å². The molecular weight excluding hydrogens is 214 g/mol. The summed E-state index contributed by atoms with van der Waals surface area (Å²) in [5.41, 5.74) is 0. The Morgan fingerprint density at radius 2 is 2.27 bits per heavy atom. The molecule has 0 saturated heterocycles. The van der Waals surface area contributed by atoms with Gasteiger partial charge in [-0.2, -0.15) is 0 Å². The molecule has 1 unspecified atom stereocenters. The van der Waals surface area contributed by atoms with Crippen molar-refractivity contribution in [3.05, 3.63) is 17.0 Å². The van der Waals surface area contributed by atoms with E-state index >= 15 is 0 Å². The van der Waals surface area contributed by atoms with E-state index in [0.717, 1.165) is 5.82 Å². The maximum atomic E-state index is 5.80. The first-order valence-corrected chi connectivity index (χ1v) is 5.36. The summed E-state index contributed by atoms with van der Waals surface area (Å²) in [5, 5.41) is 3.60. The van der Waals surface area contributed by atoms with Crippen LogP contribution < -0.4 is 5.32 Å². The fraction of sp³-hybridized carbons (Fsp3) is 0.600. The highest BCUT2D eigenvalue weighted by Crippen LogP contribution is 2.11. The summed E-state index contributed by atoms with van der Waals surface area (Å²) in [4.78, 5) is 8.18. The van der Waals surface area contributed by atoms with Gasteiger partial charge in [-0.15, -0.1) is 0 Å². The van der Waals surface area contributed by atoms with Crippen molar-refractivity contribution in [1.29, 1.82) is 0 Å². The molecule has 84 valence electrons. The van der Waals surface area contributed by atoms with Gasteiger partial charge in [0.25, 0.3) is 0 Å². The minimum absolute atomic E-state index is 0.157. The number of aromatic nitrogens is 2. The lowest BCUT2D eigenvalue weighted by Gasteiger charge is -2.13. The molecule has 1 N–H and O–H groups in total. The molecule has 0 amide bonds. The van der Waals surface area contributed by atoms with Crippen LogP contribution >= 0.6 is 11.6 Å². The molecular formula is C10H16ClN3O. The van der Waals surface area contributed by atoms with Crippen molar-refractivity contribution < 1.29 is 4.74 Å². The number of aryl methyl sites for hydroxylation is 1. The molecule has 0 aliphatic rings. The van der Waals surface area contributed by atoms with Crippen molar-refractivity contribution in [2.24, 2.45) is 0 Å². The van der Waals surface area contributed by atoms with Gasteiger partial charge in [0, 0.05) is 19.2 Å². The van der Waals surface area contributed by atoms with Crippen molar-refractivity contribution in [1.82, 2.24) is 9.97 Å². The largest absolute Gasteiger partial charge is 0.377 e. The van der Waals surface area contributed by atoms with Gasteiger partial charge in [-0.1, -0.05) is 11.6 Å². The summed E-state index contributed by atoms with van der Waals surface area (Å²) in [6, 6.07) is 1.70. The van der Waals surface area contributed by atoms with Gasteiger partial charge in [-0.3, -0.25) is 0 Å². The van der Waals surface area contributed by atoms with Gasteiger partial charge in [0.05, 0.1) is 6.10 Å². The molecule has 4 nitrogen and oxygen atoms in total. The quantitative estimate of drug-likeness (QED) is 0.787. The number of hydrogen-bond acceptors (Lipinski definition) is 4. The van der Waals surface area contributed by atoms with Crippen molar-refractivity contribution in [2.45, 2.75) is 26.9 Å². The predicted molar refractivity (Wildman–Crippen MR) is 61.4 cm³/mol. The third-order valence-corrected chi connectivity index (χ3v) is 2.02. The number of halogens is 1. The van der Waals surface area contributed by atoms with E-state index in [2.05, 4.69) is 15.3 Å². The van der Waals surface area contributed by atoms with Crippen molar-refractivity contribution >= 4 is 17.4 Å². The number of rotatable bonds is 5. The number of anilines is 1. The van der Waals surface area contributed by atoms with Crippen molar-refractivity contribution in [3.63, 3.8) is 0 Å². The molecule has 0 aliphatic heterocycles. The Kier molecular flexibility index (Phi) is 4.78. The zero-order chi connectivity index (χ0) is 11.3. The first-order chi connectivity index (χ1) is 7.11. The van der Waals surface area contributed by atoms with Crippen LogP contribution in [0.2, 0.25) is 5.15 Å². The molecule has 0 fully saturated rings. The Morgan fingerprint density at radius 3 is 2.87 bits per heavy atom. The Hall–Kier alpha value is -0.870. The minimum atomic E-state index is 0.157. The summed E-state index contributed by atoms with van der Waals surface area (Å²) in [5.74, 6) is 1.40. The normalized spacial score (nSPS) is 12.5. The zero-order valence-electron chi connectivity index (χ0n) is 9.25. The fourth-order valence-electron chi connectivity index (χ4n) is 1.21. The summed E-state index contributed by atoms with van der Waals surface area (Å²) in [6.45, 7) is 7.21. The van der Waals surface area contributed by atoms with Gasteiger partial charge in [0.2, 0.25) is 0 Å². The van der Waals surface area contributed by atoms with Crippen LogP contribution in [0.25, 0.3) is 0 Å². The Labute approximate surface area is 95.0 Å². The van der Waals surface area contributed by atoms with E-state index in [1.807, 2.05) is 20.8 Å². The van der Waals surface area contributed by atoms with Gasteiger partial charge in [-0.25, -0.2) is 9.97 Å². The third-order valence-electron chi connectivity index (χ3n) is 1.83. The number of nitrogens with zero attached hydrogens (tertiary/aromatic N) is 2. The number of nitrogens with one attached hydrogen (secondary N) is 1. The first-order valence-electron chi connectivity index (χ1n) is 4.98. The Bertz CT molecular complexity index is 299. The minimum Gasteiger partial charge on any atom is -0.377 e. The van der Waals surface area contributed by atoms with Crippen LogP contribution in [0.3, 0.4) is 0 Å². The summed E-state index contributed by atoms with van der Waals surface area (Å²) < 4.78 is 5.39. The van der Waals surface area contributed by atoms with Gasteiger partial charge in [0.15, 0.2) is 0 Å². The molecule has 0 bridgehead atoms. The molecule has 0 radical (unpaired) electrons. The lowest BCUT2D eigenvalue weighted by Crippen LogP contribution is -2.20. The molecule has 1 atom stereocenters. The molecule has 1 aromatic rings. The Balaban J connectivity index is 2.50. The van der Waals surface area contributed by atoms with Crippen LogP contribution in [0.1, 0.15) is 19.7 Å². The predicted octanol–water partition coefficient (Wildman–Crippen LogP) is 2.28. The first kappa shape index (κ1) is 12.2. The van der Waals surface area contributed by atoms with Crippen LogP contribution in [-0.4, -0.2) is 29.2 Å². The molecule has 5 heteroatoms. The van der Waals surface area contributed by atoms with Crippen LogP contribution in [0.15, 0.2) is 6.07 Å². The molecule has 0 spiro atoms. The average Bonchev–Trinajstić information content (AvgIpc) is 2.14. The SMILES string of the molecule is CCOC(C)CNc1cc(Cl)nc(C)n1. The molecule has 0 aliphatic carbocycles. The van der Waals surface area contributed by atoms with Gasteiger partial charge >= 0.3 is 0 Å². The maximum Gasteiger partial charge on any atom is 0.134 e. The van der Waals surface area contributed by atoms with E-state index < -0.39 is 0 Å². The van der Waals surface area contributed by atoms with Gasteiger partial charge < -0.3 is 10.1 Å². The second kappa shape index (κ2) is 5.88. The van der Waals surface area contributed by atoms with Crippen LogP contribution in [0.5, 0.6) is 0 Å². The second-order valence-corrected chi connectivity index (χ2v) is 3.66. The smallest absolute Gasteiger partial charge is 0.134 e. The van der Waals surface area contributed by atoms with E-state index in [1.54, 1.807) is 6.07 Å². The van der Waals surface area contributed by atoms with E-state index in [4.69, 9.17) is 16.3 Å². The summed E-state index contributed by atoms with van der Waals surface area (Å²) in [7, 11) is 0. The van der Waals surface area contributed by atoms with Crippen molar-refractivity contribution in [2.75, 3.05) is 18.5 Å². The Morgan fingerprint density at radius 1 is 1.53 bits per heavy atom. The molecule has 1 aromatic heterocycles. The molecule has 1 heterocycles. The summed E-state index contributed by atoms with van der Waals surface area (Å²) in [6.07, 6.45) is 0.157. The lowest BCUT2D eigenvalue weighted by atomic mass is 10.4. The summed E-state index contributed by atoms with van der Waals surface area (Å²) >= 11 is 5.80. The van der Waals surface area contributed by atoms with Crippen molar-refractivity contribution in [3.8, 4) is 0 Å². The third kappa shape index (κ3) is 4.44. The topological polar surface area (TPSA) is 47.0 Å². The molecule has 15 heavy (non-hydrogen) atoms. The van der Waals surface area contributed by atoms with Crippen LogP contribution in [0, 0.1) is 6.92 Å². The highest BCUT2D eigenvalue weighted by Gasteiger charge is 2.03. The van der Waals surface area contributed by atoms with Gasteiger partial charge in [0.1, 0.15) is 16.8 Å². The van der Waals surface area contributed by atoms with Crippen LogP contribution in [0.4, 0.5) is 5.82 Å². The monoisotopic (exact) mass is 229 g/mol. The molecule has 0 saturated carbocycles. The maximum absolute atomic E-state index is 5.80. The standard InChI is InChI=1S/C10H16ClN3O/c1-4-15-7(2)6-12-10-5-9(11)13-8(3)14-10/h5,7H,4,6H2,1-3H3,(H,12,13,14). The highest BCUT2D eigenvalue weighted by molar-refractivity contribution is 6.29. The molecule has 0 aromatic carbocycles. The average molecular weight is 230 g/mol. The highest BCUT2D eigenvalue weighted by atomic mass is 35.5. The van der Waals surface area contributed by atoms with Crippen LogP contribution in [-0.2, 0) is 4.74 Å². The second-order valence-electron chi connectivity index (χ2n) is 3.27. The van der Waals surface area contributed by atoms with E-state index in [1.165, 1.54) is 0 Å². The number of hydrogen-bond donors (Lipinski definition) is 1. The zero-order valence-corrected chi connectivity index (χ0v) is 10.0. The number of ether oxygens (including phenoxy) is 1. The lowest BCUT2D eigenvalue weighted by molar-refractivity contribution is 0.0855. The van der Waals surface area contributed by atoms with Gasteiger partial charge in [-0.05, 0) is 20.8 Å². The van der Waals surface area contributed by atoms with E-state index in [9.17, 15) is 0 Å².